The van der Waals surface area contributed by atoms with Gasteiger partial charge >= 0.3 is 0 Å². The minimum absolute atomic E-state index is 0.158. The van der Waals surface area contributed by atoms with Crippen LogP contribution in [0.3, 0.4) is 0 Å². The quantitative estimate of drug-likeness (QED) is 0.386. The van der Waals surface area contributed by atoms with Gasteiger partial charge in [-0.2, -0.15) is 0 Å². The van der Waals surface area contributed by atoms with Crippen molar-refractivity contribution in [2.45, 2.75) is 39.2 Å². The second kappa shape index (κ2) is 6.16. The van der Waals surface area contributed by atoms with Gasteiger partial charge in [-0.15, -0.1) is 0 Å². The summed E-state index contributed by atoms with van der Waals surface area (Å²) in [7, 11) is 2.14. The summed E-state index contributed by atoms with van der Waals surface area (Å²) in [6.07, 6.45) is 3.75. The summed E-state index contributed by atoms with van der Waals surface area (Å²) in [4.78, 5) is 2.33. The first-order valence-corrected chi connectivity index (χ1v) is 7.33. The van der Waals surface area contributed by atoms with Crippen LogP contribution in [0.2, 0.25) is 0 Å². The van der Waals surface area contributed by atoms with Crippen LogP contribution in [0.5, 0.6) is 0 Å². The predicted molar refractivity (Wildman–Crippen MR) is 83.3 cm³/mol. The monoisotopic (exact) mass is 275 g/mol. The van der Waals surface area contributed by atoms with Gasteiger partial charge in [0.05, 0.1) is 0 Å². The maximum Gasteiger partial charge on any atom is 0.170 e. The van der Waals surface area contributed by atoms with E-state index in [0.29, 0.717) is 6.04 Å². The molecule has 2 rings (SSSR count). The lowest BCUT2D eigenvalue weighted by molar-refractivity contribution is 0.247. The van der Waals surface area contributed by atoms with Crippen LogP contribution in [0.4, 0.5) is 5.69 Å². The average Bonchev–Trinajstić information content (AvgIpc) is 2.48. The Balaban J connectivity index is 2.15. The molecule has 0 saturated heterocycles. The van der Waals surface area contributed by atoms with E-state index in [0.717, 1.165) is 23.1 Å². The topological polar surface area (TPSA) is 61.8 Å². The maximum atomic E-state index is 8.78. The van der Waals surface area contributed by atoms with Crippen LogP contribution >= 0.6 is 0 Å². The minimum Gasteiger partial charge on any atom is -0.409 e. The predicted octanol–water partition coefficient (Wildman–Crippen LogP) is 3.04. The molecule has 3 atom stereocenters. The molecule has 0 amide bonds. The zero-order chi connectivity index (χ0) is 14.7. The second-order valence-electron chi connectivity index (χ2n) is 6.07. The molecule has 1 aliphatic carbocycles. The van der Waals surface area contributed by atoms with E-state index >= 15 is 0 Å². The molecular formula is C16H25N3O. The maximum absolute atomic E-state index is 8.78. The molecule has 3 N–H and O–H groups in total. The highest BCUT2D eigenvalue weighted by Crippen LogP contribution is 2.33. The Hall–Kier alpha value is -1.71. The fraction of sp³-hybridized carbons (Fsp3) is 0.562. The van der Waals surface area contributed by atoms with Crippen LogP contribution < -0.4 is 10.6 Å². The summed E-state index contributed by atoms with van der Waals surface area (Å²) in [6, 6.07) is 8.45. The summed E-state index contributed by atoms with van der Waals surface area (Å²) in [5, 5.41) is 11.8. The molecule has 0 aliphatic heterocycles. The van der Waals surface area contributed by atoms with Crippen molar-refractivity contribution in [2.75, 3.05) is 11.9 Å². The lowest BCUT2D eigenvalue weighted by Gasteiger charge is -2.38. The third-order valence-corrected chi connectivity index (χ3v) is 4.78. The van der Waals surface area contributed by atoms with Gasteiger partial charge in [0, 0.05) is 24.3 Å². The number of benzene rings is 1. The smallest absolute Gasteiger partial charge is 0.170 e. The van der Waals surface area contributed by atoms with E-state index in [-0.39, 0.29) is 5.84 Å². The van der Waals surface area contributed by atoms with Crippen molar-refractivity contribution in [3.05, 3.63) is 29.8 Å². The number of amidine groups is 1. The normalized spacial score (nSPS) is 27.4. The zero-order valence-electron chi connectivity index (χ0n) is 12.6. The lowest BCUT2D eigenvalue weighted by Crippen LogP contribution is -2.37. The van der Waals surface area contributed by atoms with Gasteiger partial charge in [0.1, 0.15) is 0 Å². The Kier molecular flexibility index (Phi) is 4.53. The molecule has 0 bridgehead atoms. The van der Waals surface area contributed by atoms with Crippen molar-refractivity contribution >= 4 is 11.5 Å². The summed E-state index contributed by atoms with van der Waals surface area (Å²) < 4.78 is 0. The molecule has 0 heterocycles. The summed E-state index contributed by atoms with van der Waals surface area (Å²) in [5.41, 5.74) is 7.55. The van der Waals surface area contributed by atoms with Crippen LogP contribution in [-0.2, 0) is 0 Å². The fourth-order valence-electron chi connectivity index (χ4n) is 3.02. The Morgan fingerprint density at radius 1 is 1.30 bits per heavy atom. The van der Waals surface area contributed by atoms with E-state index < -0.39 is 0 Å². The van der Waals surface area contributed by atoms with Gasteiger partial charge in [-0.3, -0.25) is 0 Å². The first kappa shape index (κ1) is 14.7. The van der Waals surface area contributed by atoms with Crippen LogP contribution in [0, 0.1) is 11.8 Å². The van der Waals surface area contributed by atoms with Gasteiger partial charge in [-0.1, -0.05) is 31.1 Å². The first-order valence-electron chi connectivity index (χ1n) is 7.33. The number of nitrogens with two attached hydrogens (primary N) is 1. The Labute approximate surface area is 121 Å². The molecule has 4 heteroatoms. The number of nitrogens with zero attached hydrogens (tertiary/aromatic N) is 2. The van der Waals surface area contributed by atoms with Crippen molar-refractivity contribution in [3.8, 4) is 0 Å². The SMILES string of the molecule is CC1CCC(N(C)c2cccc(C(N)=NO)c2)CC1C. The molecule has 20 heavy (non-hydrogen) atoms. The highest BCUT2D eigenvalue weighted by atomic mass is 16.4. The third kappa shape index (κ3) is 3.06. The fourth-order valence-corrected chi connectivity index (χ4v) is 3.02. The molecule has 1 aliphatic rings. The highest BCUT2D eigenvalue weighted by molar-refractivity contribution is 5.97. The average molecular weight is 275 g/mol. The van der Waals surface area contributed by atoms with Crippen molar-refractivity contribution in [1.29, 1.82) is 0 Å². The van der Waals surface area contributed by atoms with E-state index in [9.17, 15) is 0 Å². The number of rotatable bonds is 3. The van der Waals surface area contributed by atoms with Crippen molar-refractivity contribution < 1.29 is 5.21 Å². The van der Waals surface area contributed by atoms with Gasteiger partial charge in [-0.05, 0) is 43.2 Å². The summed E-state index contributed by atoms with van der Waals surface area (Å²) in [6.45, 7) is 4.69. The Bertz CT molecular complexity index is 486. The second-order valence-corrected chi connectivity index (χ2v) is 6.07. The minimum atomic E-state index is 0.158. The number of hydrogen-bond acceptors (Lipinski definition) is 3. The molecule has 1 aromatic rings. The van der Waals surface area contributed by atoms with Gasteiger partial charge in [0.15, 0.2) is 5.84 Å². The molecule has 110 valence electrons. The molecule has 3 unspecified atom stereocenters. The van der Waals surface area contributed by atoms with Crippen LogP contribution in [0.15, 0.2) is 29.4 Å². The van der Waals surface area contributed by atoms with E-state index in [1.165, 1.54) is 19.3 Å². The number of oxime groups is 1. The molecule has 0 aromatic heterocycles. The van der Waals surface area contributed by atoms with E-state index in [2.05, 4.69) is 37.0 Å². The molecule has 0 radical (unpaired) electrons. The first-order chi connectivity index (χ1) is 9.52. The van der Waals surface area contributed by atoms with Crippen LogP contribution in [0.1, 0.15) is 38.7 Å². The molecule has 4 nitrogen and oxygen atoms in total. The van der Waals surface area contributed by atoms with Gasteiger partial charge in [-0.25, -0.2) is 0 Å². The van der Waals surface area contributed by atoms with Crippen molar-refractivity contribution in [1.82, 2.24) is 0 Å². The largest absolute Gasteiger partial charge is 0.409 e. The number of hydrogen-bond donors (Lipinski definition) is 2. The van der Waals surface area contributed by atoms with E-state index in [1.54, 1.807) is 0 Å². The van der Waals surface area contributed by atoms with E-state index in [1.807, 2.05) is 18.2 Å². The van der Waals surface area contributed by atoms with Gasteiger partial charge in [0.25, 0.3) is 0 Å². The molecule has 0 spiro atoms. The Morgan fingerprint density at radius 3 is 2.70 bits per heavy atom. The van der Waals surface area contributed by atoms with E-state index in [4.69, 9.17) is 10.9 Å². The van der Waals surface area contributed by atoms with Gasteiger partial charge < -0.3 is 15.8 Å². The molecule has 1 saturated carbocycles. The van der Waals surface area contributed by atoms with Crippen molar-refractivity contribution in [3.63, 3.8) is 0 Å². The molecule has 1 aromatic carbocycles. The number of anilines is 1. The third-order valence-electron chi connectivity index (χ3n) is 4.78. The van der Waals surface area contributed by atoms with Gasteiger partial charge in [0.2, 0.25) is 0 Å². The zero-order valence-corrected chi connectivity index (χ0v) is 12.6. The highest BCUT2D eigenvalue weighted by Gasteiger charge is 2.27. The Morgan fingerprint density at radius 2 is 2.05 bits per heavy atom. The summed E-state index contributed by atoms with van der Waals surface area (Å²) >= 11 is 0. The summed E-state index contributed by atoms with van der Waals surface area (Å²) in [5.74, 6) is 1.75. The standard InChI is InChI=1S/C16H25N3O/c1-11-7-8-15(9-12(11)2)19(3)14-6-4-5-13(10-14)16(17)18-20/h4-6,10-12,15,20H,7-9H2,1-3H3,(H2,17,18). The van der Waals surface area contributed by atoms with Crippen LogP contribution in [0.25, 0.3) is 0 Å². The van der Waals surface area contributed by atoms with Crippen LogP contribution in [-0.4, -0.2) is 24.1 Å². The lowest BCUT2D eigenvalue weighted by atomic mass is 9.78. The van der Waals surface area contributed by atoms with Crippen molar-refractivity contribution in [2.24, 2.45) is 22.7 Å². The molecule has 1 fully saturated rings. The molecular weight excluding hydrogens is 250 g/mol.